The zero-order chi connectivity index (χ0) is 27.0. The molecule has 2 aromatic heterocycles. The van der Waals surface area contributed by atoms with Crippen LogP contribution in [0.5, 0.6) is 5.75 Å². The fourth-order valence-electron chi connectivity index (χ4n) is 4.93. The number of anilines is 1. The molecule has 5 rings (SSSR count). The summed E-state index contributed by atoms with van der Waals surface area (Å²) in [5, 5.41) is 4.40. The molecule has 3 heterocycles. The lowest BCUT2D eigenvalue weighted by atomic mass is 10.2. The Kier molecular flexibility index (Phi) is 9.00. The molecule has 39 heavy (non-hydrogen) atoms. The Labute approximate surface area is 232 Å². The minimum absolute atomic E-state index is 0.210. The molecule has 0 radical (unpaired) electrons. The van der Waals surface area contributed by atoms with Crippen LogP contribution >= 0.6 is 11.3 Å². The molecular formula is C30H35N3O5S. The van der Waals surface area contributed by atoms with Crippen molar-refractivity contribution in [2.45, 2.75) is 32.9 Å². The molecular weight excluding hydrogens is 514 g/mol. The van der Waals surface area contributed by atoms with E-state index in [9.17, 15) is 9.59 Å². The van der Waals surface area contributed by atoms with Crippen molar-refractivity contribution in [2.24, 2.45) is 0 Å². The SMILES string of the molecule is CCCOC(=O)OCn1c(=O)ccc2ccc(OCCCCN3CCN(c4cccc5sccc45)CC3)cc21. The van der Waals surface area contributed by atoms with Gasteiger partial charge in [0, 0.05) is 54.1 Å². The van der Waals surface area contributed by atoms with Crippen LogP contribution in [-0.2, 0) is 16.2 Å². The molecule has 1 aliphatic heterocycles. The van der Waals surface area contributed by atoms with Gasteiger partial charge in [-0.15, -0.1) is 11.3 Å². The topological polar surface area (TPSA) is 73.2 Å². The largest absolute Gasteiger partial charge is 0.510 e. The van der Waals surface area contributed by atoms with E-state index in [0.29, 0.717) is 24.3 Å². The number of hydrogen-bond donors (Lipinski definition) is 0. The molecule has 0 bridgehead atoms. The number of rotatable bonds is 11. The molecule has 0 spiro atoms. The van der Waals surface area contributed by atoms with E-state index in [1.807, 2.05) is 25.1 Å². The number of ether oxygens (including phenoxy) is 3. The van der Waals surface area contributed by atoms with Crippen LogP contribution in [0, 0.1) is 0 Å². The second-order valence-corrected chi connectivity index (χ2v) is 10.6. The predicted molar refractivity (Wildman–Crippen MR) is 156 cm³/mol. The van der Waals surface area contributed by atoms with Crippen LogP contribution < -0.4 is 15.2 Å². The number of aromatic nitrogens is 1. The number of nitrogens with zero attached hydrogens (tertiary/aromatic N) is 3. The zero-order valence-corrected chi connectivity index (χ0v) is 23.2. The first-order valence-corrected chi connectivity index (χ1v) is 14.5. The van der Waals surface area contributed by atoms with Crippen LogP contribution in [0.4, 0.5) is 10.5 Å². The number of thiophene rings is 1. The molecule has 1 saturated heterocycles. The highest BCUT2D eigenvalue weighted by Crippen LogP contribution is 2.31. The van der Waals surface area contributed by atoms with Gasteiger partial charge in [0.2, 0.25) is 0 Å². The quantitative estimate of drug-likeness (QED) is 0.175. The highest BCUT2D eigenvalue weighted by molar-refractivity contribution is 7.17. The molecule has 0 atom stereocenters. The van der Waals surface area contributed by atoms with Gasteiger partial charge in [0.15, 0.2) is 6.73 Å². The number of piperazine rings is 1. The van der Waals surface area contributed by atoms with E-state index in [4.69, 9.17) is 14.2 Å². The number of fused-ring (bicyclic) bond motifs is 2. The Morgan fingerprint density at radius 3 is 2.64 bits per heavy atom. The van der Waals surface area contributed by atoms with E-state index in [2.05, 4.69) is 39.4 Å². The minimum Gasteiger partial charge on any atom is -0.494 e. The monoisotopic (exact) mass is 549 g/mol. The smallest absolute Gasteiger partial charge is 0.494 e. The molecule has 0 amide bonds. The van der Waals surface area contributed by atoms with E-state index >= 15 is 0 Å². The lowest BCUT2D eigenvalue weighted by Crippen LogP contribution is -2.46. The summed E-state index contributed by atoms with van der Waals surface area (Å²) in [5.41, 5.74) is 1.75. The molecule has 0 N–H and O–H groups in total. The van der Waals surface area contributed by atoms with Crippen molar-refractivity contribution in [3.05, 3.63) is 70.3 Å². The van der Waals surface area contributed by atoms with E-state index in [1.54, 1.807) is 17.4 Å². The van der Waals surface area contributed by atoms with Crippen molar-refractivity contribution in [3.63, 3.8) is 0 Å². The summed E-state index contributed by atoms with van der Waals surface area (Å²) in [6, 6.07) is 17.7. The molecule has 4 aromatic rings. The third kappa shape index (κ3) is 6.72. The van der Waals surface area contributed by atoms with Gasteiger partial charge >= 0.3 is 6.16 Å². The van der Waals surface area contributed by atoms with Gasteiger partial charge in [-0.1, -0.05) is 13.0 Å². The summed E-state index contributed by atoms with van der Waals surface area (Å²) in [6.45, 7) is 7.86. The second kappa shape index (κ2) is 13.0. The molecule has 2 aromatic carbocycles. The average molecular weight is 550 g/mol. The summed E-state index contributed by atoms with van der Waals surface area (Å²) >= 11 is 1.80. The van der Waals surface area contributed by atoms with Crippen molar-refractivity contribution in [1.29, 1.82) is 0 Å². The van der Waals surface area contributed by atoms with Crippen LogP contribution in [-0.4, -0.2) is 61.6 Å². The van der Waals surface area contributed by atoms with E-state index in [0.717, 1.165) is 51.0 Å². The van der Waals surface area contributed by atoms with Gasteiger partial charge in [-0.25, -0.2) is 4.79 Å². The molecule has 0 unspecified atom stereocenters. The number of unbranched alkanes of at least 4 members (excludes halogenated alkanes) is 1. The highest BCUT2D eigenvalue weighted by atomic mass is 32.1. The van der Waals surface area contributed by atoms with Gasteiger partial charge in [0.25, 0.3) is 5.56 Å². The van der Waals surface area contributed by atoms with Gasteiger partial charge in [-0.05, 0) is 73.0 Å². The molecule has 8 nitrogen and oxygen atoms in total. The number of carbonyl (C=O) groups is 1. The normalized spacial score (nSPS) is 14.1. The van der Waals surface area contributed by atoms with Crippen molar-refractivity contribution in [3.8, 4) is 5.75 Å². The maximum absolute atomic E-state index is 12.4. The standard InChI is InChI=1S/C30H35N3O5S/c1-2-18-37-30(35)38-22-33-27-21-24(10-8-23(27)9-11-29(33)34)36-19-4-3-13-31-14-16-32(17-15-31)26-6-5-7-28-25(26)12-20-39-28/h5-12,20-21H,2-4,13-19,22H2,1H3. The van der Waals surface area contributed by atoms with Crippen molar-refractivity contribution >= 4 is 44.2 Å². The van der Waals surface area contributed by atoms with E-state index < -0.39 is 6.16 Å². The summed E-state index contributed by atoms with van der Waals surface area (Å²) in [5.74, 6) is 0.687. The van der Waals surface area contributed by atoms with Gasteiger partial charge in [0.05, 0.1) is 18.7 Å². The summed E-state index contributed by atoms with van der Waals surface area (Å²) < 4.78 is 18.8. The number of pyridine rings is 1. The number of carbonyl (C=O) groups excluding carboxylic acids is 1. The molecule has 0 saturated carbocycles. The van der Waals surface area contributed by atoms with E-state index in [1.165, 1.54) is 26.4 Å². The maximum atomic E-state index is 12.4. The van der Waals surface area contributed by atoms with Gasteiger partial charge in [0.1, 0.15) is 5.75 Å². The third-order valence-corrected chi connectivity index (χ3v) is 7.91. The molecule has 0 aliphatic carbocycles. The minimum atomic E-state index is -0.783. The molecule has 1 fully saturated rings. The molecule has 206 valence electrons. The van der Waals surface area contributed by atoms with Crippen LogP contribution in [0.3, 0.4) is 0 Å². The summed E-state index contributed by atoms with van der Waals surface area (Å²) in [4.78, 5) is 29.2. The first-order chi connectivity index (χ1) is 19.1. The fourth-order valence-corrected chi connectivity index (χ4v) is 5.74. The Balaban J connectivity index is 1.08. The van der Waals surface area contributed by atoms with Crippen molar-refractivity contribution in [1.82, 2.24) is 9.47 Å². The second-order valence-electron chi connectivity index (χ2n) is 9.69. The lowest BCUT2D eigenvalue weighted by molar-refractivity contribution is 0.0342. The van der Waals surface area contributed by atoms with Crippen molar-refractivity contribution in [2.75, 3.05) is 50.8 Å². The third-order valence-electron chi connectivity index (χ3n) is 7.02. The average Bonchev–Trinajstić information content (AvgIpc) is 3.45. The number of hydrogen-bond acceptors (Lipinski definition) is 8. The molecule has 9 heteroatoms. The van der Waals surface area contributed by atoms with Gasteiger partial charge < -0.3 is 19.1 Å². The van der Waals surface area contributed by atoms with E-state index in [-0.39, 0.29) is 18.9 Å². The summed E-state index contributed by atoms with van der Waals surface area (Å²) in [6.07, 6.45) is 1.93. The van der Waals surface area contributed by atoms with Crippen LogP contribution in [0.15, 0.2) is 64.8 Å². The van der Waals surface area contributed by atoms with Gasteiger partial charge in [-0.2, -0.15) is 0 Å². The number of benzene rings is 2. The van der Waals surface area contributed by atoms with Gasteiger partial charge in [-0.3, -0.25) is 14.3 Å². The zero-order valence-electron chi connectivity index (χ0n) is 22.3. The first kappa shape index (κ1) is 27.0. The highest BCUT2D eigenvalue weighted by Gasteiger charge is 2.18. The van der Waals surface area contributed by atoms with Crippen LogP contribution in [0.1, 0.15) is 26.2 Å². The Bertz CT molecular complexity index is 1460. The maximum Gasteiger partial charge on any atom is 0.510 e. The summed E-state index contributed by atoms with van der Waals surface area (Å²) in [7, 11) is 0. The lowest BCUT2D eigenvalue weighted by Gasteiger charge is -2.36. The fraction of sp³-hybridized carbons (Fsp3) is 0.400. The molecule has 1 aliphatic rings. The Morgan fingerprint density at radius 1 is 0.949 bits per heavy atom. The predicted octanol–water partition coefficient (Wildman–Crippen LogP) is 5.72. The van der Waals surface area contributed by atoms with Crippen LogP contribution in [0.25, 0.3) is 21.0 Å². The van der Waals surface area contributed by atoms with Crippen LogP contribution in [0.2, 0.25) is 0 Å². The Morgan fingerprint density at radius 2 is 1.79 bits per heavy atom. The van der Waals surface area contributed by atoms with Crippen molar-refractivity contribution < 1.29 is 19.0 Å². The Hall–Kier alpha value is -3.56. The first-order valence-electron chi connectivity index (χ1n) is 13.6.